The van der Waals surface area contributed by atoms with E-state index in [2.05, 4.69) is 16.8 Å². The van der Waals surface area contributed by atoms with Crippen LogP contribution in [0, 0.1) is 23.4 Å². The Bertz CT molecular complexity index is 886. The van der Waals surface area contributed by atoms with Crippen molar-refractivity contribution in [1.82, 2.24) is 9.88 Å². The van der Waals surface area contributed by atoms with Crippen LogP contribution in [-0.2, 0) is 6.42 Å². The average molecular weight is 404 g/mol. The lowest BCUT2D eigenvalue weighted by Crippen LogP contribution is -2.37. The van der Waals surface area contributed by atoms with E-state index >= 15 is 0 Å². The number of likely N-dealkylation sites (tertiary alicyclic amines) is 1. The summed E-state index contributed by atoms with van der Waals surface area (Å²) in [6.45, 7) is 4.88. The average Bonchev–Trinajstić information content (AvgIpc) is 2.67. The van der Waals surface area contributed by atoms with Gasteiger partial charge in [0.15, 0.2) is 11.6 Å². The normalized spacial score (nSPS) is 15.4. The first kappa shape index (κ1) is 21.2. The SMILES string of the molecule is CCCN1CCC(C(=O)c2cccc(CC(=O)c3c(F)cc(F)cc3F)n2)CC1. The number of nitrogens with zero attached hydrogens (tertiary/aromatic N) is 2. The monoisotopic (exact) mass is 404 g/mol. The van der Waals surface area contributed by atoms with Gasteiger partial charge in [0.25, 0.3) is 0 Å². The van der Waals surface area contributed by atoms with E-state index in [-0.39, 0.29) is 29.5 Å². The number of Topliss-reactive ketones (excluding diaryl/α,β-unsaturated/α-hetero) is 2. The van der Waals surface area contributed by atoms with Crippen molar-refractivity contribution < 1.29 is 22.8 Å². The summed E-state index contributed by atoms with van der Waals surface area (Å²) in [6.07, 6.45) is 2.21. The van der Waals surface area contributed by atoms with Gasteiger partial charge in [0.2, 0.25) is 0 Å². The summed E-state index contributed by atoms with van der Waals surface area (Å²) in [6, 6.07) is 5.65. The van der Waals surface area contributed by atoms with E-state index in [1.165, 1.54) is 6.07 Å². The topological polar surface area (TPSA) is 50.3 Å². The first-order valence-electron chi connectivity index (χ1n) is 9.79. The molecule has 7 heteroatoms. The molecular weight excluding hydrogens is 381 g/mol. The smallest absolute Gasteiger partial charge is 0.184 e. The van der Waals surface area contributed by atoms with Crippen molar-refractivity contribution in [2.24, 2.45) is 5.92 Å². The van der Waals surface area contributed by atoms with E-state index in [4.69, 9.17) is 0 Å². The van der Waals surface area contributed by atoms with Gasteiger partial charge in [-0.05, 0) is 51.0 Å². The maximum absolute atomic E-state index is 13.8. The fourth-order valence-corrected chi connectivity index (χ4v) is 3.72. The number of carbonyl (C=O) groups excluding carboxylic acids is 2. The van der Waals surface area contributed by atoms with Crippen LogP contribution in [0.5, 0.6) is 0 Å². The zero-order chi connectivity index (χ0) is 21.0. The van der Waals surface area contributed by atoms with Crippen LogP contribution in [0.3, 0.4) is 0 Å². The Morgan fingerprint density at radius 2 is 1.76 bits per heavy atom. The molecule has 0 aliphatic carbocycles. The number of pyridine rings is 1. The van der Waals surface area contributed by atoms with Crippen LogP contribution in [0.4, 0.5) is 13.2 Å². The number of piperidine rings is 1. The molecule has 2 heterocycles. The third kappa shape index (κ3) is 5.09. The molecule has 29 heavy (non-hydrogen) atoms. The number of hydrogen-bond donors (Lipinski definition) is 0. The van der Waals surface area contributed by atoms with E-state index in [9.17, 15) is 22.8 Å². The Morgan fingerprint density at radius 3 is 2.38 bits per heavy atom. The largest absolute Gasteiger partial charge is 0.303 e. The van der Waals surface area contributed by atoms with Crippen LogP contribution in [0.25, 0.3) is 0 Å². The summed E-state index contributed by atoms with van der Waals surface area (Å²) in [7, 11) is 0. The molecule has 4 nitrogen and oxygen atoms in total. The first-order chi connectivity index (χ1) is 13.9. The fraction of sp³-hybridized carbons (Fsp3) is 0.409. The number of benzene rings is 1. The summed E-state index contributed by atoms with van der Waals surface area (Å²) in [5.41, 5.74) is -0.301. The summed E-state index contributed by atoms with van der Waals surface area (Å²) < 4.78 is 40.7. The lowest BCUT2D eigenvalue weighted by molar-refractivity contribution is 0.0834. The molecule has 3 rings (SSSR count). The molecule has 0 bridgehead atoms. The Hall–Kier alpha value is -2.54. The number of carbonyl (C=O) groups is 2. The standard InChI is InChI=1S/C22H23F3N2O2/c1-2-8-27-9-6-14(7-10-27)22(29)19-5-3-4-16(26-19)13-20(28)21-17(24)11-15(23)12-18(21)25/h3-5,11-12,14H,2,6-10,13H2,1H3. The molecule has 0 unspecified atom stereocenters. The van der Waals surface area contributed by atoms with Crippen molar-refractivity contribution in [2.75, 3.05) is 19.6 Å². The molecular formula is C22H23F3N2O2. The Kier molecular flexibility index (Phi) is 6.79. The highest BCUT2D eigenvalue weighted by atomic mass is 19.1. The van der Waals surface area contributed by atoms with Gasteiger partial charge in [-0.3, -0.25) is 9.59 Å². The fourth-order valence-electron chi connectivity index (χ4n) is 3.72. The minimum absolute atomic E-state index is 0.0745. The lowest BCUT2D eigenvalue weighted by Gasteiger charge is -2.30. The highest BCUT2D eigenvalue weighted by Gasteiger charge is 2.27. The van der Waals surface area contributed by atoms with Crippen molar-refractivity contribution in [3.05, 3.63) is 64.7 Å². The van der Waals surface area contributed by atoms with Crippen molar-refractivity contribution in [1.29, 1.82) is 0 Å². The van der Waals surface area contributed by atoms with Gasteiger partial charge < -0.3 is 4.90 Å². The molecule has 1 aromatic heterocycles. The van der Waals surface area contributed by atoms with Crippen LogP contribution < -0.4 is 0 Å². The summed E-state index contributed by atoms with van der Waals surface area (Å²) in [5, 5.41) is 0. The third-order valence-corrected chi connectivity index (χ3v) is 5.18. The van der Waals surface area contributed by atoms with Crippen molar-refractivity contribution >= 4 is 11.6 Å². The van der Waals surface area contributed by atoms with Gasteiger partial charge in [0.1, 0.15) is 23.1 Å². The van der Waals surface area contributed by atoms with Crippen molar-refractivity contribution in [2.45, 2.75) is 32.6 Å². The van der Waals surface area contributed by atoms with Gasteiger partial charge in [-0.2, -0.15) is 0 Å². The Labute approximate surface area is 167 Å². The second-order valence-electron chi connectivity index (χ2n) is 7.34. The quantitative estimate of drug-likeness (QED) is 0.648. The minimum Gasteiger partial charge on any atom is -0.303 e. The second-order valence-corrected chi connectivity index (χ2v) is 7.34. The van der Waals surface area contributed by atoms with Crippen LogP contribution in [-0.4, -0.2) is 41.1 Å². The number of halogens is 3. The highest BCUT2D eigenvalue weighted by molar-refractivity contribution is 5.98. The zero-order valence-corrected chi connectivity index (χ0v) is 16.3. The Balaban J connectivity index is 1.70. The molecule has 1 fully saturated rings. The van der Waals surface area contributed by atoms with Crippen molar-refractivity contribution in [3.63, 3.8) is 0 Å². The van der Waals surface area contributed by atoms with Crippen molar-refractivity contribution in [3.8, 4) is 0 Å². The van der Waals surface area contributed by atoms with Gasteiger partial charge in [0, 0.05) is 23.7 Å². The van der Waals surface area contributed by atoms with E-state index in [1.807, 2.05) is 0 Å². The van der Waals surface area contributed by atoms with Gasteiger partial charge in [-0.25, -0.2) is 18.2 Å². The van der Waals surface area contributed by atoms with Crippen LogP contribution in [0.1, 0.15) is 52.7 Å². The summed E-state index contributed by atoms with van der Waals surface area (Å²) >= 11 is 0. The van der Waals surface area contributed by atoms with Crippen LogP contribution >= 0.6 is 0 Å². The van der Waals surface area contributed by atoms with Gasteiger partial charge in [0.05, 0.1) is 12.0 Å². The van der Waals surface area contributed by atoms with Gasteiger partial charge in [-0.15, -0.1) is 0 Å². The molecule has 0 amide bonds. The molecule has 0 spiro atoms. The van der Waals surface area contributed by atoms with E-state index in [0.717, 1.165) is 38.9 Å². The van der Waals surface area contributed by atoms with Crippen LogP contribution in [0.15, 0.2) is 30.3 Å². The molecule has 1 aromatic carbocycles. The van der Waals surface area contributed by atoms with E-state index in [1.54, 1.807) is 12.1 Å². The maximum Gasteiger partial charge on any atom is 0.184 e. The number of aromatic nitrogens is 1. The third-order valence-electron chi connectivity index (χ3n) is 5.18. The molecule has 0 radical (unpaired) electrons. The van der Waals surface area contributed by atoms with E-state index in [0.29, 0.717) is 12.1 Å². The predicted octanol–water partition coefficient (Wildman–Crippen LogP) is 4.23. The minimum atomic E-state index is -1.25. The summed E-state index contributed by atoms with van der Waals surface area (Å²) in [5.74, 6) is -4.64. The van der Waals surface area contributed by atoms with Crippen LogP contribution in [0.2, 0.25) is 0 Å². The van der Waals surface area contributed by atoms with Gasteiger partial charge >= 0.3 is 0 Å². The highest BCUT2D eigenvalue weighted by Crippen LogP contribution is 2.22. The predicted molar refractivity (Wildman–Crippen MR) is 102 cm³/mol. The number of ketones is 2. The molecule has 1 aliphatic rings. The zero-order valence-electron chi connectivity index (χ0n) is 16.3. The molecule has 0 saturated carbocycles. The second kappa shape index (κ2) is 9.31. The molecule has 2 aromatic rings. The lowest BCUT2D eigenvalue weighted by atomic mass is 9.90. The molecule has 1 saturated heterocycles. The first-order valence-corrected chi connectivity index (χ1v) is 9.79. The Morgan fingerprint density at radius 1 is 1.10 bits per heavy atom. The number of hydrogen-bond acceptors (Lipinski definition) is 4. The number of rotatable bonds is 7. The van der Waals surface area contributed by atoms with Gasteiger partial charge in [-0.1, -0.05) is 13.0 Å². The maximum atomic E-state index is 13.8. The molecule has 154 valence electrons. The summed E-state index contributed by atoms with van der Waals surface area (Å²) in [4.78, 5) is 31.7. The molecule has 1 aliphatic heterocycles. The van der Waals surface area contributed by atoms with E-state index < -0.39 is 28.8 Å². The molecule has 0 atom stereocenters. The molecule has 0 N–H and O–H groups in total.